The van der Waals surface area contributed by atoms with E-state index in [1.54, 1.807) is 37.1 Å². The summed E-state index contributed by atoms with van der Waals surface area (Å²) in [6.07, 6.45) is 0. The Labute approximate surface area is 180 Å². The molecular formula is C21H25N5O3S. The molecule has 0 N–H and O–H groups in total. The summed E-state index contributed by atoms with van der Waals surface area (Å²) in [4.78, 5) is 14.8. The number of tetrazole rings is 1. The van der Waals surface area contributed by atoms with Crippen LogP contribution in [0, 0.1) is 0 Å². The van der Waals surface area contributed by atoms with Gasteiger partial charge in [0.25, 0.3) is 0 Å². The summed E-state index contributed by atoms with van der Waals surface area (Å²) in [5.41, 5.74) is 1.73. The van der Waals surface area contributed by atoms with E-state index in [0.717, 1.165) is 5.56 Å². The zero-order chi connectivity index (χ0) is 21.5. The highest BCUT2D eigenvalue weighted by Crippen LogP contribution is 2.29. The van der Waals surface area contributed by atoms with E-state index >= 15 is 0 Å². The maximum absolute atomic E-state index is 12.9. The van der Waals surface area contributed by atoms with Gasteiger partial charge in [-0.2, -0.15) is 4.68 Å². The van der Waals surface area contributed by atoms with Crippen LogP contribution in [-0.4, -0.2) is 57.0 Å². The molecule has 0 fully saturated rings. The summed E-state index contributed by atoms with van der Waals surface area (Å²) in [5.74, 6) is 1.50. The average Bonchev–Trinajstić information content (AvgIpc) is 3.24. The van der Waals surface area contributed by atoms with Gasteiger partial charge in [-0.1, -0.05) is 42.1 Å². The molecule has 0 aliphatic carbocycles. The van der Waals surface area contributed by atoms with Crippen LogP contribution in [-0.2, 0) is 11.3 Å². The standard InChI is InChI=1S/C21H25N5O3S/c1-15(2)25(13-16-8-6-5-7-9-16)20(27)14-30-21-22-23-24-26(21)18-12-17(28-3)10-11-19(18)29-4/h5-12,15H,13-14H2,1-4H3. The summed E-state index contributed by atoms with van der Waals surface area (Å²) in [5, 5.41) is 12.4. The van der Waals surface area contributed by atoms with Crippen molar-refractivity contribution in [3.8, 4) is 17.2 Å². The molecule has 3 aromatic rings. The number of nitrogens with zero attached hydrogens (tertiary/aromatic N) is 5. The van der Waals surface area contributed by atoms with Crippen LogP contribution in [0.5, 0.6) is 11.5 Å². The lowest BCUT2D eigenvalue weighted by atomic mass is 10.2. The molecule has 0 atom stereocenters. The van der Waals surface area contributed by atoms with Crippen molar-refractivity contribution in [2.75, 3.05) is 20.0 Å². The molecule has 2 aromatic carbocycles. The molecule has 30 heavy (non-hydrogen) atoms. The van der Waals surface area contributed by atoms with Crippen LogP contribution in [0.1, 0.15) is 19.4 Å². The minimum absolute atomic E-state index is 0.0195. The number of benzene rings is 2. The van der Waals surface area contributed by atoms with Gasteiger partial charge in [0.05, 0.1) is 20.0 Å². The molecule has 0 spiro atoms. The number of ether oxygens (including phenoxy) is 2. The quantitative estimate of drug-likeness (QED) is 0.485. The number of carbonyl (C=O) groups is 1. The van der Waals surface area contributed by atoms with Crippen molar-refractivity contribution >= 4 is 17.7 Å². The van der Waals surface area contributed by atoms with Crippen molar-refractivity contribution in [3.63, 3.8) is 0 Å². The van der Waals surface area contributed by atoms with Crippen LogP contribution in [0.25, 0.3) is 5.69 Å². The lowest BCUT2D eigenvalue weighted by Gasteiger charge is -2.26. The maximum Gasteiger partial charge on any atom is 0.233 e. The fourth-order valence-corrected chi connectivity index (χ4v) is 3.70. The summed E-state index contributed by atoms with van der Waals surface area (Å²) in [6, 6.07) is 15.4. The molecule has 1 heterocycles. The molecule has 3 rings (SSSR count). The van der Waals surface area contributed by atoms with Crippen molar-refractivity contribution in [2.45, 2.75) is 31.6 Å². The molecule has 0 saturated carbocycles. The van der Waals surface area contributed by atoms with E-state index in [1.165, 1.54) is 11.8 Å². The Hall–Kier alpha value is -3.07. The predicted molar refractivity (Wildman–Crippen MR) is 115 cm³/mol. The molecule has 8 nitrogen and oxygen atoms in total. The van der Waals surface area contributed by atoms with Gasteiger partial charge in [0.15, 0.2) is 0 Å². The summed E-state index contributed by atoms with van der Waals surface area (Å²) >= 11 is 1.28. The average molecular weight is 428 g/mol. The van der Waals surface area contributed by atoms with Crippen molar-refractivity contribution in [1.29, 1.82) is 0 Å². The molecule has 0 saturated heterocycles. The third-order valence-corrected chi connectivity index (χ3v) is 5.42. The van der Waals surface area contributed by atoms with E-state index in [-0.39, 0.29) is 17.7 Å². The maximum atomic E-state index is 12.9. The van der Waals surface area contributed by atoms with E-state index in [2.05, 4.69) is 15.5 Å². The van der Waals surface area contributed by atoms with E-state index in [1.807, 2.05) is 49.1 Å². The van der Waals surface area contributed by atoms with Gasteiger partial charge in [-0.15, -0.1) is 5.10 Å². The van der Waals surface area contributed by atoms with Crippen LogP contribution >= 0.6 is 11.8 Å². The molecule has 0 aliphatic rings. The van der Waals surface area contributed by atoms with Crippen molar-refractivity contribution in [1.82, 2.24) is 25.1 Å². The van der Waals surface area contributed by atoms with Crippen molar-refractivity contribution in [2.24, 2.45) is 0 Å². The van der Waals surface area contributed by atoms with Crippen LogP contribution in [0.2, 0.25) is 0 Å². The topological polar surface area (TPSA) is 82.4 Å². The second-order valence-corrected chi connectivity index (χ2v) is 7.74. The molecule has 0 bridgehead atoms. The first-order valence-electron chi connectivity index (χ1n) is 9.50. The Bertz CT molecular complexity index is 978. The van der Waals surface area contributed by atoms with E-state index in [4.69, 9.17) is 9.47 Å². The van der Waals surface area contributed by atoms with E-state index in [9.17, 15) is 4.79 Å². The van der Waals surface area contributed by atoms with Gasteiger partial charge in [-0.05, 0) is 42.0 Å². The number of aromatic nitrogens is 4. The van der Waals surface area contributed by atoms with Crippen molar-refractivity contribution in [3.05, 3.63) is 54.1 Å². The highest BCUT2D eigenvalue weighted by Gasteiger charge is 2.20. The molecule has 1 aromatic heterocycles. The SMILES string of the molecule is COc1ccc(OC)c(-n2nnnc2SCC(=O)N(Cc2ccccc2)C(C)C)c1. The second-order valence-electron chi connectivity index (χ2n) is 6.80. The highest BCUT2D eigenvalue weighted by atomic mass is 32.2. The highest BCUT2D eigenvalue weighted by molar-refractivity contribution is 7.99. The van der Waals surface area contributed by atoms with E-state index in [0.29, 0.717) is 28.9 Å². The van der Waals surface area contributed by atoms with Gasteiger partial charge >= 0.3 is 0 Å². The van der Waals surface area contributed by atoms with Gasteiger partial charge < -0.3 is 14.4 Å². The predicted octanol–water partition coefficient (Wildman–Crippen LogP) is 3.21. The minimum atomic E-state index is 0.0195. The van der Waals surface area contributed by atoms with Crippen LogP contribution in [0.3, 0.4) is 0 Å². The van der Waals surface area contributed by atoms with Gasteiger partial charge in [-0.25, -0.2) is 0 Å². The fraction of sp³-hybridized carbons (Fsp3) is 0.333. The third-order valence-electron chi connectivity index (χ3n) is 4.52. The normalized spacial score (nSPS) is 10.8. The zero-order valence-corrected chi connectivity index (χ0v) is 18.3. The van der Waals surface area contributed by atoms with Crippen LogP contribution in [0.15, 0.2) is 53.7 Å². The first-order valence-corrected chi connectivity index (χ1v) is 10.5. The first-order chi connectivity index (χ1) is 14.5. The lowest BCUT2D eigenvalue weighted by Crippen LogP contribution is -2.37. The van der Waals surface area contributed by atoms with E-state index < -0.39 is 0 Å². The van der Waals surface area contributed by atoms with Crippen LogP contribution < -0.4 is 9.47 Å². The summed E-state index contributed by atoms with van der Waals surface area (Å²) < 4.78 is 12.3. The number of thioether (sulfide) groups is 1. The Morgan fingerprint density at radius 3 is 2.57 bits per heavy atom. The summed E-state index contributed by atoms with van der Waals surface area (Å²) in [6.45, 7) is 4.58. The first kappa shape index (κ1) is 21.6. The number of rotatable bonds is 9. The minimum Gasteiger partial charge on any atom is -0.497 e. The molecule has 0 aliphatic heterocycles. The molecule has 0 radical (unpaired) electrons. The van der Waals surface area contributed by atoms with Crippen LogP contribution in [0.4, 0.5) is 0 Å². The summed E-state index contributed by atoms with van der Waals surface area (Å²) in [7, 11) is 3.17. The third kappa shape index (κ3) is 5.10. The number of hydrogen-bond donors (Lipinski definition) is 0. The Balaban J connectivity index is 1.75. The van der Waals surface area contributed by atoms with Gasteiger partial charge in [0.2, 0.25) is 11.1 Å². The largest absolute Gasteiger partial charge is 0.497 e. The molecular weight excluding hydrogens is 402 g/mol. The fourth-order valence-electron chi connectivity index (χ4n) is 2.93. The van der Waals surface area contributed by atoms with Gasteiger partial charge in [0, 0.05) is 18.7 Å². The Morgan fingerprint density at radius 2 is 1.90 bits per heavy atom. The molecule has 9 heteroatoms. The molecule has 0 unspecified atom stereocenters. The van der Waals surface area contributed by atoms with Crippen molar-refractivity contribution < 1.29 is 14.3 Å². The molecule has 158 valence electrons. The number of amides is 1. The molecule has 1 amide bonds. The zero-order valence-electron chi connectivity index (χ0n) is 17.5. The lowest BCUT2D eigenvalue weighted by molar-refractivity contribution is -0.130. The Kier molecular flexibility index (Phi) is 7.29. The van der Waals surface area contributed by atoms with Gasteiger partial charge in [0.1, 0.15) is 17.2 Å². The second kappa shape index (κ2) is 10.1. The monoisotopic (exact) mass is 427 g/mol. The number of carbonyl (C=O) groups excluding carboxylic acids is 1. The smallest absolute Gasteiger partial charge is 0.233 e. The van der Waals surface area contributed by atoms with Gasteiger partial charge in [-0.3, -0.25) is 4.79 Å². The number of methoxy groups -OCH3 is 2. The Morgan fingerprint density at radius 1 is 1.13 bits per heavy atom. The number of hydrogen-bond acceptors (Lipinski definition) is 7.